The third kappa shape index (κ3) is 7.74. The van der Waals surface area contributed by atoms with Gasteiger partial charge in [-0.1, -0.05) is 18.5 Å². The molecule has 1 atom stereocenters. The van der Waals surface area contributed by atoms with E-state index in [4.69, 9.17) is 16.3 Å². The van der Waals surface area contributed by atoms with Crippen LogP contribution in [0.2, 0.25) is 5.02 Å². The molecule has 1 N–H and O–H groups in total. The van der Waals surface area contributed by atoms with Crippen LogP contribution in [0.15, 0.2) is 29.2 Å². The summed E-state index contributed by atoms with van der Waals surface area (Å²) >= 11 is 7.44. The van der Waals surface area contributed by atoms with E-state index in [1.54, 1.807) is 11.8 Å². The molecule has 0 aromatic heterocycles. The molecule has 0 heterocycles. The molecule has 1 aromatic carbocycles. The van der Waals surface area contributed by atoms with Gasteiger partial charge in [0.2, 0.25) is 5.91 Å². The minimum atomic E-state index is -0.0720. The molecule has 0 aliphatic rings. The molecule has 0 spiro atoms. The van der Waals surface area contributed by atoms with Crippen LogP contribution in [-0.2, 0) is 9.53 Å². The van der Waals surface area contributed by atoms with Gasteiger partial charge >= 0.3 is 0 Å². The minimum Gasteiger partial charge on any atom is -0.379 e. The fourth-order valence-corrected chi connectivity index (χ4v) is 2.82. The Morgan fingerprint density at radius 3 is 2.57 bits per heavy atom. The van der Waals surface area contributed by atoms with E-state index in [2.05, 4.69) is 5.32 Å². The van der Waals surface area contributed by atoms with Gasteiger partial charge in [0.25, 0.3) is 0 Å². The minimum absolute atomic E-state index is 0.0720. The van der Waals surface area contributed by atoms with E-state index < -0.39 is 0 Å². The Morgan fingerprint density at radius 1 is 1.33 bits per heavy atom. The van der Waals surface area contributed by atoms with Crippen molar-refractivity contribution in [2.75, 3.05) is 13.2 Å². The molecule has 3 nitrogen and oxygen atoms in total. The van der Waals surface area contributed by atoms with Crippen molar-refractivity contribution in [2.24, 2.45) is 0 Å². The predicted octanol–water partition coefficient (Wildman–Crippen LogP) is 4.14. The van der Waals surface area contributed by atoms with Crippen LogP contribution >= 0.6 is 23.4 Å². The summed E-state index contributed by atoms with van der Waals surface area (Å²) < 4.78 is 5.45. The van der Waals surface area contributed by atoms with Crippen molar-refractivity contribution in [3.05, 3.63) is 29.3 Å². The van der Waals surface area contributed by atoms with Crippen molar-refractivity contribution in [1.82, 2.24) is 5.32 Å². The van der Waals surface area contributed by atoms with Crippen molar-refractivity contribution >= 4 is 29.3 Å². The first kappa shape index (κ1) is 18.3. The highest BCUT2D eigenvalue weighted by Crippen LogP contribution is 2.26. The molecule has 0 aliphatic carbocycles. The standard InChI is InChI=1S/C16H24ClNO2S/c1-4-15(21-14-8-6-13(17)7-9-14)16(19)18-10-5-11-20-12(2)3/h6-9,12,15H,4-5,10-11H2,1-3H3,(H,18,19)/t15-/m1/s1. The first-order chi connectivity index (χ1) is 10.0. The molecule has 0 aliphatic heterocycles. The van der Waals surface area contributed by atoms with Gasteiger partial charge in [0.15, 0.2) is 0 Å². The number of amides is 1. The summed E-state index contributed by atoms with van der Waals surface area (Å²) in [5, 5.41) is 3.61. The molecule has 1 aromatic rings. The number of ether oxygens (including phenoxy) is 1. The lowest BCUT2D eigenvalue weighted by Crippen LogP contribution is -2.33. The van der Waals surface area contributed by atoms with Gasteiger partial charge in [0.05, 0.1) is 11.4 Å². The zero-order valence-electron chi connectivity index (χ0n) is 12.9. The predicted molar refractivity (Wildman–Crippen MR) is 90.1 cm³/mol. The van der Waals surface area contributed by atoms with Crippen LogP contribution in [0.3, 0.4) is 0 Å². The Bertz CT molecular complexity index is 423. The van der Waals surface area contributed by atoms with Gasteiger partial charge in [-0.15, -0.1) is 11.8 Å². The Morgan fingerprint density at radius 2 is 2.00 bits per heavy atom. The number of benzene rings is 1. The van der Waals surface area contributed by atoms with E-state index in [1.807, 2.05) is 45.0 Å². The van der Waals surface area contributed by atoms with Crippen molar-refractivity contribution in [3.8, 4) is 0 Å². The van der Waals surface area contributed by atoms with E-state index in [9.17, 15) is 4.79 Å². The lowest BCUT2D eigenvalue weighted by molar-refractivity contribution is -0.120. The number of carbonyl (C=O) groups is 1. The summed E-state index contributed by atoms with van der Waals surface area (Å²) in [6.45, 7) is 7.38. The zero-order valence-corrected chi connectivity index (χ0v) is 14.5. The largest absolute Gasteiger partial charge is 0.379 e. The number of nitrogens with one attached hydrogen (secondary N) is 1. The fourth-order valence-electron chi connectivity index (χ4n) is 1.72. The van der Waals surface area contributed by atoms with Gasteiger partial charge < -0.3 is 10.1 Å². The Balaban J connectivity index is 2.34. The van der Waals surface area contributed by atoms with Gasteiger partial charge in [0, 0.05) is 23.1 Å². The van der Waals surface area contributed by atoms with Gasteiger partial charge in [-0.05, 0) is 51.0 Å². The topological polar surface area (TPSA) is 38.3 Å². The number of carbonyl (C=O) groups excluding carboxylic acids is 1. The molecule has 0 saturated heterocycles. The SMILES string of the molecule is CC[C@@H](Sc1ccc(Cl)cc1)C(=O)NCCCOC(C)C. The third-order valence-electron chi connectivity index (χ3n) is 2.83. The van der Waals surface area contributed by atoms with E-state index in [1.165, 1.54) is 0 Å². The molecule has 0 fully saturated rings. The Kier molecular flexibility index (Phi) is 8.81. The zero-order chi connectivity index (χ0) is 15.7. The molecule has 0 unspecified atom stereocenters. The average molecular weight is 330 g/mol. The summed E-state index contributed by atoms with van der Waals surface area (Å²) in [7, 11) is 0. The van der Waals surface area contributed by atoms with E-state index in [-0.39, 0.29) is 17.3 Å². The average Bonchev–Trinajstić information content (AvgIpc) is 2.45. The summed E-state index contributed by atoms with van der Waals surface area (Å²) in [5.41, 5.74) is 0. The Hall–Kier alpha value is -0.710. The van der Waals surface area contributed by atoms with E-state index in [0.29, 0.717) is 18.2 Å². The number of thioether (sulfide) groups is 1. The summed E-state index contributed by atoms with van der Waals surface area (Å²) in [6.07, 6.45) is 1.87. The molecule has 0 radical (unpaired) electrons. The molecule has 0 bridgehead atoms. The second kappa shape index (κ2) is 10.1. The van der Waals surface area contributed by atoms with Crippen LogP contribution in [0, 0.1) is 0 Å². The van der Waals surface area contributed by atoms with Gasteiger partial charge in [-0.25, -0.2) is 0 Å². The second-order valence-electron chi connectivity index (χ2n) is 5.03. The number of hydrogen-bond acceptors (Lipinski definition) is 3. The highest BCUT2D eigenvalue weighted by Gasteiger charge is 2.17. The van der Waals surface area contributed by atoms with Crippen molar-refractivity contribution in [1.29, 1.82) is 0 Å². The van der Waals surface area contributed by atoms with Crippen LogP contribution in [0.5, 0.6) is 0 Å². The van der Waals surface area contributed by atoms with Crippen LogP contribution in [0.1, 0.15) is 33.6 Å². The van der Waals surface area contributed by atoms with Crippen LogP contribution < -0.4 is 5.32 Å². The first-order valence-electron chi connectivity index (χ1n) is 7.34. The molecular formula is C16H24ClNO2S. The van der Waals surface area contributed by atoms with E-state index in [0.717, 1.165) is 17.7 Å². The lowest BCUT2D eigenvalue weighted by atomic mass is 10.3. The van der Waals surface area contributed by atoms with Crippen molar-refractivity contribution in [3.63, 3.8) is 0 Å². The molecular weight excluding hydrogens is 306 g/mol. The highest BCUT2D eigenvalue weighted by atomic mass is 35.5. The molecule has 0 saturated carbocycles. The lowest BCUT2D eigenvalue weighted by Gasteiger charge is -2.15. The summed E-state index contributed by atoms with van der Waals surface area (Å²) in [4.78, 5) is 13.2. The summed E-state index contributed by atoms with van der Waals surface area (Å²) in [6, 6.07) is 7.58. The molecule has 21 heavy (non-hydrogen) atoms. The molecule has 118 valence electrons. The van der Waals surface area contributed by atoms with Gasteiger partial charge in [-0.2, -0.15) is 0 Å². The smallest absolute Gasteiger partial charge is 0.233 e. The van der Waals surface area contributed by atoms with Crippen molar-refractivity contribution in [2.45, 2.75) is 49.9 Å². The highest BCUT2D eigenvalue weighted by molar-refractivity contribution is 8.00. The number of halogens is 1. The van der Waals surface area contributed by atoms with Crippen LogP contribution in [-0.4, -0.2) is 30.4 Å². The fraction of sp³-hybridized carbons (Fsp3) is 0.562. The molecule has 1 amide bonds. The first-order valence-corrected chi connectivity index (χ1v) is 8.60. The Labute approximate surface area is 136 Å². The number of hydrogen-bond donors (Lipinski definition) is 1. The quantitative estimate of drug-likeness (QED) is 0.546. The van der Waals surface area contributed by atoms with Gasteiger partial charge in [0.1, 0.15) is 0 Å². The maximum atomic E-state index is 12.1. The maximum absolute atomic E-state index is 12.1. The number of rotatable bonds is 9. The second-order valence-corrected chi connectivity index (χ2v) is 6.75. The van der Waals surface area contributed by atoms with E-state index >= 15 is 0 Å². The van der Waals surface area contributed by atoms with Crippen LogP contribution in [0.4, 0.5) is 0 Å². The third-order valence-corrected chi connectivity index (χ3v) is 4.45. The normalized spacial score (nSPS) is 12.4. The monoisotopic (exact) mass is 329 g/mol. The molecule has 1 rings (SSSR count). The maximum Gasteiger partial charge on any atom is 0.233 e. The summed E-state index contributed by atoms with van der Waals surface area (Å²) in [5.74, 6) is 0.0852. The molecule has 5 heteroatoms. The van der Waals surface area contributed by atoms with Gasteiger partial charge in [-0.3, -0.25) is 4.79 Å². The van der Waals surface area contributed by atoms with Crippen LogP contribution in [0.25, 0.3) is 0 Å². The van der Waals surface area contributed by atoms with Crippen molar-refractivity contribution < 1.29 is 9.53 Å².